The van der Waals surface area contributed by atoms with E-state index in [2.05, 4.69) is 11.9 Å². The number of anilines is 1. The van der Waals surface area contributed by atoms with Gasteiger partial charge in [-0.15, -0.1) is 0 Å². The molecule has 1 fully saturated rings. The second-order valence-electron chi connectivity index (χ2n) is 11.4. The molecule has 0 aromatic heterocycles. The van der Waals surface area contributed by atoms with Crippen molar-refractivity contribution in [1.82, 2.24) is 0 Å². The van der Waals surface area contributed by atoms with Crippen molar-refractivity contribution in [1.29, 1.82) is 0 Å². The molecule has 0 spiro atoms. The molecular formula is C29H39NO12Si. The molecule has 43 heavy (non-hydrogen) atoms. The van der Waals surface area contributed by atoms with Crippen molar-refractivity contribution in [3.63, 3.8) is 0 Å². The number of rotatable bonds is 10. The summed E-state index contributed by atoms with van der Waals surface area (Å²) in [6, 6.07) is 6.20. The molecule has 236 valence electrons. The van der Waals surface area contributed by atoms with Gasteiger partial charge in [-0.25, -0.2) is 9.59 Å². The van der Waals surface area contributed by atoms with Crippen LogP contribution in [0.2, 0.25) is 18.1 Å². The number of amides is 1. The molecule has 0 bridgehead atoms. The van der Waals surface area contributed by atoms with Crippen LogP contribution in [0.5, 0.6) is 0 Å². The van der Waals surface area contributed by atoms with E-state index in [1.54, 1.807) is 12.1 Å². The highest BCUT2D eigenvalue weighted by molar-refractivity contribution is 7.08. The molecule has 1 N–H and O–H groups in total. The van der Waals surface area contributed by atoms with Gasteiger partial charge in [-0.05, 0) is 29.3 Å². The second-order valence-corrected chi connectivity index (χ2v) is 16.6. The lowest BCUT2D eigenvalue weighted by Gasteiger charge is -2.42. The molecule has 0 aliphatic carbocycles. The number of benzene rings is 1. The minimum Gasteiger partial charge on any atom is -0.459 e. The van der Waals surface area contributed by atoms with Gasteiger partial charge in [0.25, 0.3) is 0 Å². The summed E-state index contributed by atoms with van der Waals surface area (Å²) in [4.78, 5) is 74.7. The van der Waals surface area contributed by atoms with Crippen molar-refractivity contribution in [3.8, 4) is 0 Å². The van der Waals surface area contributed by atoms with Crippen LogP contribution in [-0.2, 0) is 47.6 Å². The molecule has 1 heterocycles. The summed E-state index contributed by atoms with van der Waals surface area (Å²) in [6.45, 7) is 16.4. The SMILES string of the molecule is C=CCOC(=O)C1OC(OC(=O)Nc2ccc(C(=O)[Si](C)(C)C(C)(C)C)cc2)C(OC(C)=O)C(OC(C)=O)C1OC(C)=O. The smallest absolute Gasteiger partial charge is 0.414 e. The standard InChI is InChI=1S/C29H39NO12Si/c1-10-15-37-25(34)23-21(38-16(2)31)22(39-17(3)32)24(40-18(4)33)27(41-23)42-28(36)30-20-13-11-19(12-14-20)26(35)43(8,9)29(5,6)7/h10-14,21-24,27H,1,15H2,2-9H3,(H,30,36). The maximum absolute atomic E-state index is 13.2. The molecule has 1 aromatic rings. The summed E-state index contributed by atoms with van der Waals surface area (Å²) in [6.07, 6.45) is -8.30. The van der Waals surface area contributed by atoms with Gasteiger partial charge in [-0.3, -0.25) is 19.7 Å². The first kappa shape index (κ1) is 35.2. The summed E-state index contributed by atoms with van der Waals surface area (Å²) < 4.78 is 31.8. The number of nitrogens with one attached hydrogen (secondary N) is 1. The minimum atomic E-state index is -2.33. The van der Waals surface area contributed by atoms with E-state index in [9.17, 15) is 28.8 Å². The third-order valence-electron chi connectivity index (χ3n) is 7.04. The summed E-state index contributed by atoms with van der Waals surface area (Å²) in [5.74, 6) is -3.69. The molecule has 1 saturated heterocycles. The molecular weight excluding hydrogens is 582 g/mol. The second kappa shape index (κ2) is 14.4. The zero-order chi connectivity index (χ0) is 32.7. The molecule has 0 saturated carbocycles. The van der Waals surface area contributed by atoms with E-state index in [0.717, 1.165) is 20.8 Å². The maximum atomic E-state index is 13.2. The summed E-state index contributed by atoms with van der Waals surface area (Å²) in [7, 11) is -2.33. The number of esters is 4. The van der Waals surface area contributed by atoms with Gasteiger partial charge in [0.1, 0.15) is 20.1 Å². The lowest BCUT2D eigenvalue weighted by Crippen LogP contribution is -2.64. The average Bonchev–Trinajstić information content (AvgIpc) is 2.88. The van der Waals surface area contributed by atoms with Crippen molar-refractivity contribution in [2.24, 2.45) is 0 Å². The van der Waals surface area contributed by atoms with Crippen LogP contribution in [0, 0.1) is 0 Å². The van der Waals surface area contributed by atoms with E-state index < -0.39 is 68.8 Å². The molecule has 0 radical (unpaired) electrons. The largest absolute Gasteiger partial charge is 0.459 e. The Kier molecular flexibility index (Phi) is 11.8. The van der Waals surface area contributed by atoms with Crippen LogP contribution in [0.3, 0.4) is 0 Å². The van der Waals surface area contributed by atoms with Crippen LogP contribution in [0.25, 0.3) is 0 Å². The fraction of sp³-hybridized carbons (Fsp3) is 0.517. The number of carbonyl (C=O) groups is 6. The molecule has 14 heteroatoms. The van der Waals surface area contributed by atoms with E-state index in [1.807, 2.05) is 33.9 Å². The highest BCUT2D eigenvalue weighted by Crippen LogP contribution is 2.38. The van der Waals surface area contributed by atoms with Gasteiger partial charge in [0.2, 0.25) is 12.4 Å². The first-order valence-electron chi connectivity index (χ1n) is 13.5. The number of hydrogen-bond donors (Lipinski definition) is 1. The number of ether oxygens (including phenoxy) is 6. The highest BCUT2D eigenvalue weighted by Gasteiger charge is 2.56. The van der Waals surface area contributed by atoms with Crippen molar-refractivity contribution >= 4 is 49.1 Å². The van der Waals surface area contributed by atoms with Crippen LogP contribution >= 0.6 is 0 Å². The van der Waals surface area contributed by atoms with E-state index in [1.165, 1.54) is 18.2 Å². The van der Waals surface area contributed by atoms with Gasteiger partial charge in [0, 0.05) is 32.0 Å². The number of carbonyl (C=O) groups excluding carboxylic acids is 6. The summed E-state index contributed by atoms with van der Waals surface area (Å²) in [5, 5.41) is 2.36. The van der Waals surface area contributed by atoms with Crippen molar-refractivity contribution in [2.45, 2.75) is 90.4 Å². The maximum Gasteiger partial charge on any atom is 0.414 e. The lowest BCUT2D eigenvalue weighted by molar-refractivity contribution is -0.287. The Morgan fingerprint density at radius 2 is 1.37 bits per heavy atom. The monoisotopic (exact) mass is 621 g/mol. The Morgan fingerprint density at radius 3 is 1.86 bits per heavy atom. The fourth-order valence-electron chi connectivity index (χ4n) is 3.94. The van der Waals surface area contributed by atoms with Gasteiger partial charge < -0.3 is 33.2 Å². The summed E-state index contributed by atoms with van der Waals surface area (Å²) in [5.41, 5.74) is 0.755. The molecule has 1 aromatic carbocycles. The van der Waals surface area contributed by atoms with Gasteiger partial charge >= 0.3 is 30.0 Å². The Balaban J connectivity index is 2.36. The van der Waals surface area contributed by atoms with Gasteiger partial charge in [-0.2, -0.15) is 0 Å². The van der Waals surface area contributed by atoms with Crippen LogP contribution < -0.4 is 5.32 Å². The predicted molar refractivity (Wildman–Crippen MR) is 155 cm³/mol. The van der Waals surface area contributed by atoms with Crippen molar-refractivity contribution in [3.05, 3.63) is 42.5 Å². The molecule has 13 nitrogen and oxygen atoms in total. The highest BCUT2D eigenvalue weighted by atomic mass is 28.3. The van der Waals surface area contributed by atoms with Gasteiger partial charge in [0.15, 0.2) is 18.3 Å². The quantitative estimate of drug-likeness (QED) is 0.174. The lowest BCUT2D eigenvalue weighted by atomic mass is 9.97. The van der Waals surface area contributed by atoms with Gasteiger partial charge in [0.05, 0.1) is 0 Å². The van der Waals surface area contributed by atoms with E-state index >= 15 is 0 Å². The molecule has 5 unspecified atom stereocenters. The average molecular weight is 622 g/mol. The first-order valence-corrected chi connectivity index (χ1v) is 16.5. The topological polar surface area (TPSA) is 170 Å². The Bertz CT molecular complexity index is 1240. The third-order valence-corrected chi connectivity index (χ3v) is 12.2. The van der Waals surface area contributed by atoms with E-state index in [4.69, 9.17) is 28.4 Å². The zero-order valence-electron chi connectivity index (χ0n) is 25.6. The summed E-state index contributed by atoms with van der Waals surface area (Å²) >= 11 is 0. The molecule has 1 aliphatic rings. The molecule has 1 aliphatic heterocycles. The molecule has 1 amide bonds. The predicted octanol–water partition coefficient (Wildman–Crippen LogP) is 3.71. The normalized spacial score (nSPS) is 21.9. The number of hydrogen-bond acceptors (Lipinski definition) is 12. The van der Waals surface area contributed by atoms with E-state index in [0.29, 0.717) is 5.56 Å². The van der Waals surface area contributed by atoms with Gasteiger partial charge in [-0.1, -0.05) is 46.5 Å². The third kappa shape index (κ3) is 9.22. The Labute approximate surface area is 251 Å². The Hall–Kier alpha value is -4.04. The fourth-order valence-corrected chi connectivity index (χ4v) is 5.51. The van der Waals surface area contributed by atoms with Crippen LogP contribution in [0.4, 0.5) is 10.5 Å². The Morgan fingerprint density at radius 1 is 0.860 bits per heavy atom. The van der Waals surface area contributed by atoms with Crippen LogP contribution in [0.1, 0.15) is 51.9 Å². The molecule has 5 atom stereocenters. The van der Waals surface area contributed by atoms with Crippen molar-refractivity contribution < 1.29 is 57.2 Å². The van der Waals surface area contributed by atoms with Crippen LogP contribution in [-0.4, -0.2) is 80.8 Å². The minimum absolute atomic E-state index is 0.0576. The van der Waals surface area contributed by atoms with E-state index in [-0.39, 0.29) is 22.7 Å². The zero-order valence-corrected chi connectivity index (χ0v) is 26.6. The van der Waals surface area contributed by atoms with Crippen molar-refractivity contribution in [2.75, 3.05) is 11.9 Å². The molecule has 2 rings (SSSR count). The first-order chi connectivity index (χ1) is 19.9. The van der Waals surface area contributed by atoms with Crippen LogP contribution in [0.15, 0.2) is 36.9 Å².